The lowest BCUT2D eigenvalue weighted by Crippen LogP contribution is -2.78. The van der Waals surface area contributed by atoms with Crippen LogP contribution >= 0.6 is 0 Å². The molecule has 0 amide bonds. The SMILES string of the molecule is [NH3+]C1[C@H](COC[C@H]2C(CO)O[C@@H](COCC3[C@@H](CO)O[C@@H](C=O)[C@H]3O)C([NH3+])[C@H]2O)OC(CO)[C@H](O)[C@@H]1O. The number of carbonyl (C=O) groups is 1. The number of ether oxygens (including phenoxy) is 5. The van der Waals surface area contributed by atoms with Crippen molar-refractivity contribution in [1.29, 1.82) is 0 Å². The smallest absolute Gasteiger partial charge is 0.151 e. The predicted molar refractivity (Wildman–Crippen MR) is 119 cm³/mol. The van der Waals surface area contributed by atoms with Crippen LogP contribution in [0.2, 0.25) is 0 Å². The molecule has 3 aliphatic heterocycles. The highest BCUT2D eigenvalue weighted by Crippen LogP contribution is 2.29. The second kappa shape index (κ2) is 14.0. The molecule has 216 valence electrons. The molecule has 0 radical (unpaired) electrons. The lowest BCUT2D eigenvalue weighted by atomic mass is 9.86. The van der Waals surface area contributed by atoms with Crippen LogP contribution < -0.4 is 11.5 Å². The van der Waals surface area contributed by atoms with E-state index in [-0.39, 0.29) is 33.0 Å². The molecule has 0 bridgehead atoms. The summed E-state index contributed by atoms with van der Waals surface area (Å²) in [6, 6.07) is -1.36. The van der Waals surface area contributed by atoms with Gasteiger partial charge in [-0.1, -0.05) is 0 Å². The summed E-state index contributed by atoms with van der Waals surface area (Å²) >= 11 is 0. The van der Waals surface area contributed by atoms with Crippen molar-refractivity contribution in [1.82, 2.24) is 0 Å². The van der Waals surface area contributed by atoms with Crippen molar-refractivity contribution in [3.8, 4) is 0 Å². The van der Waals surface area contributed by atoms with Crippen molar-refractivity contribution in [3.05, 3.63) is 0 Å². The molecule has 3 rings (SSSR count). The molecule has 3 saturated heterocycles. The highest BCUT2D eigenvalue weighted by Gasteiger charge is 2.48. The van der Waals surface area contributed by atoms with E-state index in [1.807, 2.05) is 0 Å². The molecule has 3 fully saturated rings. The maximum atomic E-state index is 11.0. The Labute approximate surface area is 213 Å². The van der Waals surface area contributed by atoms with Gasteiger partial charge in [-0.15, -0.1) is 0 Å². The molecule has 0 spiro atoms. The van der Waals surface area contributed by atoms with Crippen molar-refractivity contribution >= 4 is 6.29 Å². The molecule has 14 atom stereocenters. The molecule has 3 heterocycles. The Morgan fingerprint density at radius 3 is 1.57 bits per heavy atom. The summed E-state index contributed by atoms with van der Waals surface area (Å²) in [5, 5.41) is 69.9. The van der Waals surface area contributed by atoms with E-state index in [9.17, 15) is 40.5 Å². The molecule has 13 N–H and O–H groups in total. The highest BCUT2D eigenvalue weighted by molar-refractivity contribution is 5.58. The standard InChI is InChI=1S/C22H40N2O13/c23-17-15(7-33-5-9-11(1-25)35-13(3-27)19(9)29)36-12(2-26)10(20(17)30)6-34-8-16-18(24)22(32)21(31)14(4-28)37-16/h3,9-22,25-26,28-32H,1-2,4-8,23-24H2/p+2/t9?,10-,11+,12?,13-,14?,15-,16-,17?,18?,19-,20-,21-,22+/m0/s1. The normalized spacial score (nSPS) is 46.7. The topological polar surface area (TPSA) is 260 Å². The number of aldehydes is 1. The number of aliphatic hydroxyl groups is 7. The Kier molecular flexibility index (Phi) is 11.6. The van der Waals surface area contributed by atoms with Crippen molar-refractivity contribution in [2.75, 3.05) is 46.2 Å². The molecule has 5 unspecified atom stereocenters. The molecule has 0 aromatic rings. The van der Waals surface area contributed by atoms with Crippen LogP contribution in [0, 0.1) is 11.8 Å². The van der Waals surface area contributed by atoms with Crippen molar-refractivity contribution in [2.24, 2.45) is 11.8 Å². The molecule has 0 aliphatic carbocycles. The fourth-order valence-electron chi connectivity index (χ4n) is 5.13. The van der Waals surface area contributed by atoms with E-state index in [1.165, 1.54) is 0 Å². The molecule has 0 aromatic heterocycles. The lowest BCUT2D eigenvalue weighted by molar-refractivity contribution is -0.481. The van der Waals surface area contributed by atoms with E-state index < -0.39 is 98.2 Å². The number of aliphatic hydroxyl groups excluding tert-OH is 7. The Balaban J connectivity index is 1.50. The molecule has 0 aromatic carbocycles. The summed E-state index contributed by atoms with van der Waals surface area (Å²) in [4.78, 5) is 11.0. The first-order valence-corrected chi connectivity index (χ1v) is 12.5. The second-order valence-electron chi connectivity index (χ2n) is 9.94. The van der Waals surface area contributed by atoms with Crippen LogP contribution in [-0.2, 0) is 28.5 Å². The van der Waals surface area contributed by atoms with Gasteiger partial charge < -0.3 is 75.7 Å². The van der Waals surface area contributed by atoms with Crippen molar-refractivity contribution in [3.63, 3.8) is 0 Å². The zero-order valence-corrected chi connectivity index (χ0v) is 20.6. The lowest BCUT2D eigenvalue weighted by Gasteiger charge is -2.42. The maximum Gasteiger partial charge on any atom is 0.151 e. The van der Waals surface area contributed by atoms with Gasteiger partial charge in [0.1, 0.15) is 54.8 Å². The van der Waals surface area contributed by atoms with Crippen LogP contribution in [0.1, 0.15) is 0 Å². The van der Waals surface area contributed by atoms with E-state index in [0.717, 1.165) is 0 Å². The number of hydrogen-bond donors (Lipinski definition) is 9. The second-order valence-corrected chi connectivity index (χ2v) is 9.94. The number of quaternary nitrogens is 2. The van der Waals surface area contributed by atoms with Crippen LogP contribution in [0.5, 0.6) is 0 Å². The van der Waals surface area contributed by atoms with Gasteiger partial charge in [-0.05, 0) is 0 Å². The number of hydrogen-bond acceptors (Lipinski definition) is 13. The number of carbonyl (C=O) groups excluding carboxylic acids is 1. The molecule has 37 heavy (non-hydrogen) atoms. The van der Waals surface area contributed by atoms with Crippen LogP contribution in [0.15, 0.2) is 0 Å². The predicted octanol–water partition coefficient (Wildman–Crippen LogP) is -7.61. The van der Waals surface area contributed by atoms with Gasteiger partial charge in [-0.3, -0.25) is 0 Å². The third kappa shape index (κ3) is 6.82. The fourth-order valence-corrected chi connectivity index (χ4v) is 5.13. The summed E-state index contributed by atoms with van der Waals surface area (Å²) in [5.74, 6) is -1.27. The van der Waals surface area contributed by atoms with Gasteiger partial charge in [-0.25, -0.2) is 0 Å². The van der Waals surface area contributed by atoms with E-state index in [2.05, 4.69) is 11.5 Å². The molecular weight excluding hydrogens is 500 g/mol. The third-order valence-electron chi connectivity index (χ3n) is 7.62. The van der Waals surface area contributed by atoms with Crippen molar-refractivity contribution in [2.45, 2.75) is 73.1 Å². The summed E-state index contributed by atoms with van der Waals surface area (Å²) in [6.07, 6.45) is -9.12. The van der Waals surface area contributed by atoms with Gasteiger partial charge in [0, 0.05) is 11.8 Å². The van der Waals surface area contributed by atoms with Gasteiger partial charge >= 0.3 is 0 Å². The third-order valence-corrected chi connectivity index (χ3v) is 7.62. The number of rotatable bonds is 12. The minimum atomic E-state index is -1.27. The van der Waals surface area contributed by atoms with Crippen LogP contribution in [-0.4, -0.2) is 161 Å². The monoisotopic (exact) mass is 542 g/mol. The van der Waals surface area contributed by atoms with E-state index >= 15 is 0 Å². The van der Waals surface area contributed by atoms with Gasteiger partial charge in [0.05, 0.1) is 64.6 Å². The van der Waals surface area contributed by atoms with Crippen LogP contribution in [0.25, 0.3) is 0 Å². The van der Waals surface area contributed by atoms with Crippen LogP contribution in [0.3, 0.4) is 0 Å². The zero-order chi connectivity index (χ0) is 27.3. The Bertz CT molecular complexity index is 703. The average molecular weight is 543 g/mol. The Morgan fingerprint density at radius 1 is 0.595 bits per heavy atom. The molecule has 0 saturated carbocycles. The van der Waals surface area contributed by atoms with Gasteiger partial charge in [0.2, 0.25) is 0 Å². The first-order chi connectivity index (χ1) is 17.7. The quantitative estimate of drug-likeness (QED) is 0.104. The van der Waals surface area contributed by atoms with Crippen molar-refractivity contribution < 1.29 is 75.7 Å². The van der Waals surface area contributed by atoms with E-state index in [0.29, 0.717) is 6.29 Å². The minimum Gasteiger partial charge on any atom is -0.394 e. The zero-order valence-electron chi connectivity index (χ0n) is 20.6. The fraction of sp³-hybridized carbons (Fsp3) is 0.955. The Hall–Kier alpha value is -0.890. The highest BCUT2D eigenvalue weighted by atomic mass is 16.6. The molecule has 3 aliphatic rings. The minimum absolute atomic E-state index is 0.0235. The summed E-state index contributed by atoms with van der Waals surface area (Å²) < 4.78 is 28.2. The summed E-state index contributed by atoms with van der Waals surface area (Å²) in [7, 11) is 0. The van der Waals surface area contributed by atoms with Crippen LogP contribution in [0.4, 0.5) is 0 Å². The maximum absolute atomic E-state index is 11.0. The average Bonchev–Trinajstić information content (AvgIpc) is 3.21. The molecule has 15 heteroatoms. The first kappa shape index (κ1) is 30.6. The first-order valence-electron chi connectivity index (χ1n) is 12.5. The summed E-state index contributed by atoms with van der Waals surface area (Å²) in [5.41, 5.74) is 7.78. The molecular formula is C22H42N2O13+2. The Morgan fingerprint density at radius 2 is 1.05 bits per heavy atom. The van der Waals surface area contributed by atoms with E-state index in [4.69, 9.17) is 23.7 Å². The van der Waals surface area contributed by atoms with E-state index in [1.54, 1.807) is 0 Å². The van der Waals surface area contributed by atoms with Gasteiger partial charge in [-0.2, -0.15) is 0 Å². The molecule has 15 nitrogen and oxygen atoms in total. The van der Waals surface area contributed by atoms with Gasteiger partial charge in [0.15, 0.2) is 6.29 Å². The van der Waals surface area contributed by atoms with Gasteiger partial charge in [0.25, 0.3) is 0 Å². The largest absolute Gasteiger partial charge is 0.394 e. The summed E-state index contributed by atoms with van der Waals surface area (Å²) in [6.45, 7) is -1.40.